The lowest BCUT2D eigenvalue weighted by Crippen LogP contribution is -2.60. The Bertz CT molecular complexity index is 1160. The van der Waals surface area contributed by atoms with Crippen LogP contribution in [0.4, 0.5) is 23.4 Å². The van der Waals surface area contributed by atoms with E-state index >= 15 is 0 Å². The number of hydrogen-bond donors (Lipinski definition) is 2. The molecule has 0 unspecified atom stereocenters. The first-order valence-electron chi connectivity index (χ1n) is 9.22. The van der Waals surface area contributed by atoms with Gasteiger partial charge < -0.3 is 15.8 Å². The molecule has 3 heterocycles. The van der Waals surface area contributed by atoms with Gasteiger partial charge in [0.15, 0.2) is 0 Å². The lowest BCUT2D eigenvalue weighted by molar-refractivity contribution is -0.249. The number of alkyl halides is 3. The summed E-state index contributed by atoms with van der Waals surface area (Å²) >= 11 is 0. The fraction of sp³-hybridized carbons (Fsp3) is 0.350. The highest BCUT2D eigenvalue weighted by atomic mass is 19.4. The number of rotatable bonds is 3. The van der Waals surface area contributed by atoms with Crippen molar-refractivity contribution >= 4 is 17.6 Å². The number of nitrogens with zero attached hydrogens (tertiary/aromatic N) is 4. The molecule has 0 bridgehead atoms. The van der Waals surface area contributed by atoms with E-state index < -0.39 is 41.5 Å². The molecule has 2 aromatic heterocycles. The maximum atomic E-state index is 14.6. The van der Waals surface area contributed by atoms with Crippen molar-refractivity contribution in [2.24, 2.45) is 10.7 Å². The summed E-state index contributed by atoms with van der Waals surface area (Å²) in [6, 6.07) is 5.54. The van der Waals surface area contributed by atoms with E-state index in [1.807, 2.05) is 6.07 Å². The number of nitriles is 1. The molecule has 8 nitrogen and oxygen atoms in total. The van der Waals surface area contributed by atoms with E-state index in [9.17, 15) is 22.4 Å². The third kappa shape index (κ3) is 3.99. The molecule has 12 heteroatoms. The third-order valence-corrected chi connectivity index (χ3v) is 5.06. The molecule has 0 saturated heterocycles. The maximum Gasteiger partial charge on any atom is 0.424 e. The Morgan fingerprint density at radius 3 is 2.59 bits per heavy atom. The Labute approximate surface area is 180 Å². The second-order valence-corrected chi connectivity index (χ2v) is 7.57. The van der Waals surface area contributed by atoms with Crippen LogP contribution in [0.1, 0.15) is 41.2 Å². The van der Waals surface area contributed by atoms with Gasteiger partial charge in [0, 0.05) is 6.20 Å². The van der Waals surface area contributed by atoms with Gasteiger partial charge in [-0.25, -0.2) is 14.4 Å². The summed E-state index contributed by atoms with van der Waals surface area (Å²) < 4.78 is 59.5. The number of pyridine rings is 2. The topological polar surface area (TPSA) is 126 Å². The van der Waals surface area contributed by atoms with E-state index in [0.717, 1.165) is 13.0 Å². The number of halogens is 4. The minimum absolute atomic E-state index is 0.0205. The van der Waals surface area contributed by atoms with Gasteiger partial charge in [-0.05, 0) is 44.5 Å². The van der Waals surface area contributed by atoms with Crippen molar-refractivity contribution in [1.82, 2.24) is 9.97 Å². The third-order valence-electron chi connectivity index (χ3n) is 5.06. The molecule has 0 saturated carbocycles. The molecule has 0 spiro atoms. The zero-order valence-corrected chi connectivity index (χ0v) is 17.2. The van der Waals surface area contributed by atoms with Gasteiger partial charge in [0.1, 0.15) is 40.5 Å². The number of aryl methyl sites for hydroxylation is 1. The van der Waals surface area contributed by atoms with Gasteiger partial charge in [0.05, 0.1) is 12.2 Å². The molecule has 1 aliphatic heterocycles. The average Bonchev–Trinajstić information content (AvgIpc) is 2.71. The molecule has 0 aliphatic carbocycles. The van der Waals surface area contributed by atoms with Crippen LogP contribution in [0.15, 0.2) is 29.4 Å². The van der Waals surface area contributed by atoms with Crippen LogP contribution in [-0.2, 0) is 10.3 Å². The Morgan fingerprint density at radius 2 is 2.03 bits per heavy atom. The molecule has 3 N–H and O–H groups in total. The number of ether oxygens (including phenoxy) is 1. The minimum atomic E-state index is -4.82. The quantitative estimate of drug-likeness (QED) is 0.693. The number of carbonyl (C=O) groups is 1. The predicted octanol–water partition coefficient (Wildman–Crippen LogP) is 2.97. The van der Waals surface area contributed by atoms with Crippen LogP contribution >= 0.6 is 0 Å². The van der Waals surface area contributed by atoms with Gasteiger partial charge in [-0.15, -0.1) is 0 Å². The van der Waals surface area contributed by atoms with E-state index in [1.165, 1.54) is 25.3 Å². The normalized spacial score (nSPS) is 23.2. The minimum Gasteiger partial charge on any atom is -0.385 e. The van der Waals surface area contributed by atoms with Crippen LogP contribution in [0.2, 0.25) is 0 Å². The molecule has 3 rings (SSSR count). The van der Waals surface area contributed by atoms with Gasteiger partial charge in [0.25, 0.3) is 5.91 Å². The number of nitrogens with one attached hydrogen (secondary N) is 1. The van der Waals surface area contributed by atoms with E-state index in [0.29, 0.717) is 5.56 Å². The molecule has 1 amide bonds. The number of hydrogen-bond acceptors (Lipinski definition) is 7. The van der Waals surface area contributed by atoms with Crippen LogP contribution in [-0.4, -0.2) is 40.1 Å². The molecular weight excluding hydrogens is 432 g/mol. The number of carbonyl (C=O) groups excluding carboxylic acids is 1. The fourth-order valence-electron chi connectivity index (χ4n) is 3.05. The number of amides is 1. The van der Waals surface area contributed by atoms with E-state index in [2.05, 4.69) is 20.3 Å². The van der Waals surface area contributed by atoms with Crippen molar-refractivity contribution in [3.8, 4) is 6.07 Å². The lowest BCUT2D eigenvalue weighted by Gasteiger charge is -2.40. The first-order valence-corrected chi connectivity index (χ1v) is 9.22. The Balaban J connectivity index is 1.93. The first-order chi connectivity index (χ1) is 14.8. The van der Waals surface area contributed by atoms with E-state index in [1.54, 1.807) is 6.92 Å². The molecule has 2 aromatic rings. The molecule has 0 fully saturated rings. The smallest absolute Gasteiger partial charge is 0.385 e. The van der Waals surface area contributed by atoms with Crippen molar-refractivity contribution in [1.29, 1.82) is 5.26 Å². The number of aromatic nitrogens is 2. The zero-order valence-electron chi connectivity index (χ0n) is 17.2. The van der Waals surface area contributed by atoms with Gasteiger partial charge in [-0.3, -0.25) is 9.79 Å². The first kappa shape index (κ1) is 23.1. The number of amidine groups is 1. The van der Waals surface area contributed by atoms with Crippen LogP contribution in [0.3, 0.4) is 0 Å². The van der Waals surface area contributed by atoms with Gasteiger partial charge >= 0.3 is 6.18 Å². The summed E-state index contributed by atoms with van der Waals surface area (Å²) in [4.78, 5) is 24.4. The number of anilines is 1. The van der Waals surface area contributed by atoms with Crippen LogP contribution < -0.4 is 11.1 Å². The second kappa shape index (κ2) is 7.83. The summed E-state index contributed by atoms with van der Waals surface area (Å²) in [5.41, 5.74) is 1.44. The summed E-state index contributed by atoms with van der Waals surface area (Å²) in [6.07, 6.45) is -3.60. The van der Waals surface area contributed by atoms with Crippen molar-refractivity contribution < 1.29 is 27.1 Å². The molecule has 0 radical (unpaired) electrons. The molecule has 2 atom stereocenters. The predicted molar refractivity (Wildman–Crippen MR) is 105 cm³/mol. The average molecular weight is 450 g/mol. The van der Waals surface area contributed by atoms with Crippen molar-refractivity contribution in [3.63, 3.8) is 0 Å². The van der Waals surface area contributed by atoms with Crippen LogP contribution in [0.5, 0.6) is 0 Å². The SMILES string of the molecule is Cc1cc(C#N)cnc1C(=O)Nc1ccc(F)c([C@]2(C)CO[C@@](C)(C(F)(F)F)C(N)=N2)n1. The Morgan fingerprint density at radius 1 is 1.34 bits per heavy atom. The van der Waals surface area contributed by atoms with Crippen LogP contribution in [0.25, 0.3) is 0 Å². The summed E-state index contributed by atoms with van der Waals surface area (Å²) in [5, 5.41) is 11.3. The molecule has 168 valence electrons. The molecule has 0 aromatic carbocycles. The Hall–Kier alpha value is -3.59. The highest BCUT2D eigenvalue weighted by Crippen LogP contribution is 2.41. The molecule has 1 aliphatic rings. The summed E-state index contributed by atoms with van der Waals surface area (Å²) in [7, 11) is 0. The standard InChI is InChI=1S/C20H18F4N6O2/c1-10-6-11(7-25)8-27-14(10)16(31)29-13-5-4-12(21)15(28-13)18(2)9-32-19(3,17(26)30-18)20(22,23)24/h4-6,8H,9H2,1-3H3,(H2,26,30)(H,28,29,31)/t18-,19+/m0/s1. The molecular formula is C20H18F4N6O2. The van der Waals surface area contributed by atoms with Crippen LogP contribution in [0, 0.1) is 24.1 Å². The number of aliphatic imine (C=N–C) groups is 1. The zero-order chi connectivity index (χ0) is 23.9. The largest absolute Gasteiger partial charge is 0.424 e. The Kier molecular flexibility index (Phi) is 5.65. The van der Waals surface area contributed by atoms with E-state index in [4.69, 9.17) is 15.7 Å². The lowest BCUT2D eigenvalue weighted by atomic mass is 9.93. The summed E-state index contributed by atoms with van der Waals surface area (Å²) in [6.45, 7) is 2.99. The number of nitrogens with two attached hydrogens (primary N) is 1. The van der Waals surface area contributed by atoms with Crippen molar-refractivity contribution in [2.45, 2.75) is 38.1 Å². The van der Waals surface area contributed by atoms with Gasteiger partial charge in [0.2, 0.25) is 5.60 Å². The van der Waals surface area contributed by atoms with Gasteiger partial charge in [-0.2, -0.15) is 18.4 Å². The highest BCUT2D eigenvalue weighted by molar-refractivity contribution is 6.03. The highest BCUT2D eigenvalue weighted by Gasteiger charge is 2.59. The summed E-state index contributed by atoms with van der Waals surface area (Å²) in [5.74, 6) is -2.49. The maximum absolute atomic E-state index is 14.6. The molecule has 32 heavy (non-hydrogen) atoms. The van der Waals surface area contributed by atoms with Gasteiger partial charge in [-0.1, -0.05) is 0 Å². The monoisotopic (exact) mass is 450 g/mol. The van der Waals surface area contributed by atoms with E-state index in [-0.39, 0.29) is 22.8 Å². The van der Waals surface area contributed by atoms with Crippen molar-refractivity contribution in [3.05, 3.63) is 52.7 Å². The fourth-order valence-corrected chi connectivity index (χ4v) is 3.05. The second-order valence-electron chi connectivity index (χ2n) is 7.57. The van der Waals surface area contributed by atoms with Crippen molar-refractivity contribution in [2.75, 3.05) is 11.9 Å².